The van der Waals surface area contributed by atoms with Crippen molar-refractivity contribution < 1.29 is 9.59 Å². The molecule has 1 aliphatic rings. The van der Waals surface area contributed by atoms with Crippen molar-refractivity contribution in [1.29, 1.82) is 0 Å². The third-order valence-electron chi connectivity index (χ3n) is 4.12. The van der Waals surface area contributed by atoms with Crippen molar-refractivity contribution in [3.63, 3.8) is 0 Å². The summed E-state index contributed by atoms with van der Waals surface area (Å²) in [6.45, 7) is 3.07. The molecule has 1 amide bonds. The Hall–Kier alpha value is -1.75. The van der Waals surface area contributed by atoms with E-state index in [1.165, 1.54) is 11.6 Å². The molecule has 1 saturated heterocycles. The Morgan fingerprint density at radius 2 is 2.14 bits per heavy atom. The summed E-state index contributed by atoms with van der Waals surface area (Å²) in [6, 6.07) is 8.16. The van der Waals surface area contributed by atoms with Crippen LogP contribution in [0.25, 0.3) is 10.2 Å². The van der Waals surface area contributed by atoms with E-state index in [9.17, 15) is 9.59 Å². The van der Waals surface area contributed by atoms with Crippen LogP contribution >= 0.6 is 11.3 Å². The molecule has 2 heterocycles. The van der Waals surface area contributed by atoms with Gasteiger partial charge in [-0.3, -0.25) is 4.79 Å². The summed E-state index contributed by atoms with van der Waals surface area (Å²) < 4.78 is 1.21. The number of para-hydroxylation sites is 1. The first kappa shape index (κ1) is 15.2. The highest BCUT2D eigenvalue weighted by atomic mass is 32.1. The molecule has 116 valence electrons. The van der Waals surface area contributed by atoms with E-state index in [4.69, 9.17) is 4.98 Å². The fraction of sp³-hybridized carbons (Fsp3) is 0.471. The van der Waals surface area contributed by atoms with Crippen molar-refractivity contribution in [3.8, 4) is 0 Å². The van der Waals surface area contributed by atoms with E-state index in [2.05, 4.69) is 6.07 Å². The number of rotatable bonds is 4. The molecule has 5 heteroatoms. The molecule has 3 rings (SSSR count). The number of ketones is 1. The Morgan fingerprint density at radius 3 is 2.91 bits per heavy atom. The first-order chi connectivity index (χ1) is 10.6. The lowest BCUT2D eigenvalue weighted by atomic mass is 9.98. The lowest BCUT2D eigenvalue weighted by Gasteiger charge is -2.31. The average molecular weight is 316 g/mol. The van der Waals surface area contributed by atoms with Gasteiger partial charge in [0, 0.05) is 31.8 Å². The number of fused-ring (bicyclic) bond motifs is 1. The zero-order valence-electron chi connectivity index (χ0n) is 12.7. The second-order valence-electron chi connectivity index (χ2n) is 5.90. The zero-order valence-corrected chi connectivity index (χ0v) is 13.6. The first-order valence-electron chi connectivity index (χ1n) is 7.76. The summed E-state index contributed by atoms with van der Waals surface area (Å²) in [5, 5.41) is 1.13. The van der Waals surface area contributed by atoms with E-state index in [0.29, 0.717) is 18.8 Å². The Morgan fingerprint density at radius 1 is 1.32 bits per heavy atom. The maximum absolute atomic E-state index is 12.2. The number of aromatic nitrogens is 1. The van der Waals surface area contributed by atoms with E-state index < -0.39 is 0 Å². The van der Waals surface area contributed by atoms with Gasteiger partial charge in [-0.25, -0.2) is 4.98 Å². The second kappa shape index (κ2) is 6.57. The smallest absolute Gasteiger partial charge is 0.223 e. The minimum absolute atomic E-state index is 0.0769. The number of amides is 1. The van der Waals surface area contributed by atoms with E-state index in [0.717, 1.165) is 36.5 Å². The molecule has 4 nitrogen and oxygen atoms in total. The van der Waals surface area contributed by atoms with Gasteiger partial charge < -0.3 is 9.69 Å². The number of hydrogen-bond acceptors (Lipinski definition) is 4. The molecule has 1 atom stereocenters. The third kappa shape index (κ3) is 3.35. The summed E-state index contributed by atoms with van der Waals surface area (Å²) in [4.78, 5) is 29.9. The minimum atomic E-state index is 0.0769. The normalized spacial score (nSPS) is 18.6. The number of Topliss-reactive ketones (excluding diaryl/α,β-unsaturated/α-hetero) is 1. The van der Waals surface area contributed by atoms with Crippen LogP contribution in [0.15, 0.2) is 24.3 Å². The molecular formula is C17H20N2O2S. The van der Waals surface area contributed by atoms with Crippen LogP contribution in [0.1, 0.15) is 43.5 Å². The Balaban J connectivity index is 1.69. The van der Waals surface area contributed by atoms with Gasteiger partial charge in [-0.05, 0) is 31.9 Å². The number of carbonyl (C=O) groups is 2. The second-order valence-corrected chi connectivity index (χ2v) is 6.96. The zero-order chi connectivity index (χ0) is 15.5. The van der Waals surface area contributed by atoms with Crippen LogP contribution in [0.5, 0.6) is 0 Å². The molecule has 1 fully saturated rings. The summed E-state index contributed by atoms with van der Waals surface area (Å²) >= 11 is 1.73. The molecule has 1 aromatic carbocycles. The molecule has 0 unspecified atom stereocenters. The molecule has 2 aromatic rings. The molecule has 1 aliphatic heterocycles. The van der Waals surface area contributed by atoms with Crippen LogP contribution in [0, 0.1) is 0 Å². The highest BCUT2D eigenvalue weighted by molar-refractivity contribution is 7.18. The molecule has 0 spiro atoms. The number of likely N-dealkylation sites (tertiary alicyclic amines) is 1. The average Bonchev–Trinajstić information content (AvgIpc) is 2.96. The molecule has 22 heavy (non-hydrogen) atoms. The summed E-state index contributed by atoms with van der Waals surface area (Å²) in [5.41, 5.74) is 1.04. The molecule has 0 bridgehead atoms. The van der Waals surface area contributed by atoms with Crippen molar-refractivity contribution in [2.45, 2.75) is 38.5 Å². The summed E-state index contributed by atoms with van der Waals surface area (Å²) in [7, 11) is 0. The number of piperidine rings is 1. The largest absolute Gasteiger partial charge is 0.342 e. The van der Waals surface area contributed by atoms with Crippen LogP contribution in [-0.2, 0) is 9.59 Å². The van der Waals surface area contributed by atoms with Crippen molar-refractivity contribution in [2.24, 2.45) is 0 Å². The molecule has 1 aromatic heterocycles. The Kier molecular flexibility index (Phi) is 4.52. The molecular weight excluding hydrogens is 296 g/mol. The van der Waals surface area contributed by atoms with Crippen molar-refractivity contribution in [2.75, 3.05) is 13.1 Å². The Labute approximate surface area is 134 Å². The predicted molar refractivity (Wildman–Crippen MR) is 88.1 cm³/mol. The van der Waals surface area contributed by atoms with Gasteiger partial charge in [-0.1, -0.05) is 12.1 Å². The molecule has 0 saturated carbocycles. The third-order valence-corrected chi connectivity index (χ3v) is 5.32. The SMILES string of the molecule is CC(=O)CCC(=O)N1CCC[C@@H](c2nc3ccccc3s2)C1. The van der Waals surface area contributed by atoms with Crippen molar-refractivity contribution in [3.05, 3.63) is 29.3 Å². The fourth-order valence-electron chi connectivity index (χ4n) is 2.91. The minimum Gasteiger partial charge on any atom is -0.342 e. The van der Waals surface area contributed by atoms with E-state index >= 15 is 0 Å². The van der Waals surface area contributed by atoms with Gasteiger partial charge in [0.05, 0.1) is 15.2 Å². The summed E-state index contributed by atoms with van der Waals surface area (Å²) in [6.07, 6.45) is 2.77. The quantitative estimate of drug-likeness (QED) is 0.869. The van der Waals surface area contributed by atoms with Crippen LogP contribution < -0.4 is 0 Å². The fourth-order valence-corrected chi connectivity index (χ4v) is 4.00. The Bertz CT molecular complexity index is 662. The lowest BCUT2D eigenvalue weighted by Crippen LogP contribution is -2.39. The van der Waals surface area contributed by atoms with Gasteiger partial charge in [-0.15, -0.1) is 11.3 Å². The van der Waals surface area contributed by atoms with Crippen LogP contribution in [0.3, 0.4) is 0 Å². The topological polar surface area (TPSA) is 50.3 Å². The monoisotopic (exact) mass is 316 g/mol. The summed E-state index contributed by atoms with van der Waals surface area (Å²) in [5.74, 6) is 0.501. The van der Waals surface area contributed by atoms with Gasteiger partial charge in [0.25, 0.3) is 0 Å². The van der Waals surface area contributed by atoms with Gasteiger partial charge in [-0.2, -0.15) is 0 Å². The van der Waals surface area contributed by atoms with Crippen LogP contribution in [0.4, 0.5) is 0 Å². The number of thiazole rings is 1. The number of benzene rings is 1. The predicted octanol–water partition coefficient (Wildman–Crippen LogP) is 3.37. The van der Waals surface area contributed by atoms with E-state index in [1.807, 2.05) is 23.1 Å². The van der Waals surface area contributed by atoms with Gasteiger partial charge >= 0.3 is 0 Å². The van der Waals surface area contributed by atoms with Crippen LogP contribution in [-0.4, -0.2) is 34.7 Å². The maximum atomic E-state index is 12.2. The molecule has 0 aliphatic carbocycles. The highest BCUT2D eigenvalue weighted by Gasteiger charge is 2.26. The first-order valence-corrected chi connectivity index (χ1v) is 8.58. The molecule has 0 radical (unpaired) electrons. The standard InChI is InChI=1S/C17H20N2O2S/c1-12(20)8-9-16(21)19-10-4-5-13(11-19)17-18-14-6-2-3-7-15(14)22-17/h2-3,6-7,13H,4-5,8-11H2,1H3/t13-/m1/s1. The van der Waals surface area contributed by atoms with Crippen LogP contribution in [0.2, 0.25) is 0 Å². The van der Waals surface area contributed by atoms with Gasteiger partial charge in [0.15, 0.2) is 0 Å². The van der Waals surface area contributed by atoms with Gasteiger partial charge in [0.1, 0.15) is 5.78 Å². The molecule has 0 N–H and O–H groups in total. The van der Waals surface area contributed by atoms with E-state index in [-0.39, 0.29) is 11.7 Å². The van der Waals surface area contributed by atoms with Crippen molar-refractivity contribution in [1.82, 2.24) is 9.88 Å². The highest BCUT2D eigenvalue weighted by Crippen LogP contribution is 2.33. The van der Waals surface area contributed by atoms with E-state index in [1.54, 1.807) is 11.3 Å². The maximum Gasteiger partial charge on any atom is 0.223 e. The lowest BCUT2D eigenvalue weighted by molar-refractivity contribution is -0.134. The number of hydrogen-bond donors (Lipinski definition) is 0. The van der Waals surface area contributed by atoms with Gasteiger partial charge in [0.2, 0.25) is 5.91 Å². The number of carbonyl (C=O) groups excluding carboxylic acids is 2. The number of nitrogens with zero attached hydrogens (tertiary/aromatic N) is 2. The van der Waals surface area contributed by atoms with Crippen molar-refractivity contribution >= 4 is 33.2 Å².